The van der Waals surface area contributed by atoms with Crippen molar-refractivity contribution in [2.24, 2.45) is 32.5 Å². The summed E-state index contributed by atoms with van der Waals surface area (Å²) in [7, 11) is -0.606. The Kier molecular flexibility index (Phi) is 48.7. The molecule has 7 aromatic carbocycles. The maximum absolute atomic E-state index is 13.1. The fourth-order valence-corrected chi connectivity index (χ4v) is 20.3. The zero-order valence-electron chi connectivity index (χ0n) is 89.0. The number of esters is 7. The molecule has 29 heteroatoms. The van der Waals surface area contributed by atoms with Gasteiger partial charge in [0.15, 0.2) is 8.32 Å². The molecule has 6 aliphatic heterocycles. The lowest BCUT2D eigenvalue weighted by Crippen LogP contribution is -2.51. The molecule has 6 unspecified atom stereocenters. The van der Waals surface area contributed by atoms with Crippen molar-refractivity contribution in [1.29, 1.82) is 5.26 Å². The van der Waals surface area contributed by atoms with Gasteiger partial charge in [-0.1, -0.05) is 243 Å². The van der Waals surface area contributed by atoms with Crippen LogP contribution < -0.4 is 0 Å². The highest BCUT2D eigenvalue weighted by Crippen LogP contribution is 2.44. The summed E-state index contributed by atoms with van der Waals surface area (Å²) in [6.07, 6.45) is 20.8. The van der Waals surface area contributed by atoms with Gasteiger partial charge in [-0.05, 0) is 213 Å². The number of benzene rings is 7. The highest BCUT2D eigenvalue weighted by atomic mass is 28.4. The molecule has 6 fully saturated rings. The van der Waals surface area contributed by atoms with Gasteiger partial charge in [0.25, 0.3) is 35.4 Å². The van der Waals surface area contributed by atoms with Crippen LogP contribution in [0.2, 0.25) is 18.1 Å². The van der Waals surface area contributed by atoms with Crippen molar-refractivity contribution in [3.05, 3.63) is 327 Å². The number of piperidine rings is 6. The molecule has 6 aliphatic rings. The molecule has 28 nitrogen and oxygen atoms in total. The zero-order valence-corrected chi connectivity index (χ0v) is 90.0. The predicted octanol–water partition coefficient (Wildman–Crippen LogP) is 20.2. The van der Waals surface area contributed by atoms with Crippen LogP contribution in [-0.4, -0.2) is 247 Å². The quantitative estimate of drug-likeness (QED) is 0.0152. The molecular formula is C121H153N7O21Si. The molecule has 6 heterocycles. The highest BCUT2D eigenvalue weighted by molar-refractivity contribution is 6.74. The smallest absolute Gasteiger partial charge is 0.314 e. The van der Waals surface area contributed by atoms with Gasteiger partial charge in [0.05, 0.1) is 45.7 Å². The molecule has 0 saturated carbocycles. The van der Waals surface area contributed by atoms with Crippen LogP contribution in [0.15, 0.2) is 288 Å². The standard InChI is InChI=1S/C24H37NO4Si.C23H25NO3.C20H25NO5.C19H22N2O3.C18H23NO3.C17H21NO3/c1-7-17-28-22(27)24(15-18-29-30(5,6)23(2,3)4)14-11-16-25(19-24)21(26)20-12-9-8-10-13-20;1-2-16-27-22(26)23(17-19-10-5-3-6-11-19)14-9-15-24(18-23)21(25)20-12-7-4-8-13-20;1-3-14-26-19(24)20(12-10-17(22)25-2)11-7-13-21(15-20)18(23)16-8-5-4-6-9-16;1-2-14-24-18(23)19(10-6-12-20)11-7-13-21(15-19)17(22)16-8-4-3-5-9-16;1-3-13-22-17(21)18(4-2)11-8-12-19(14-18)16(20)15-9-6-5-7-10-15;1-3-12-21-16(20)17(2)10-7-11-18(13-17)15(19)14-8-5-4-6-9-14/h7-10,12-13H,1,11,14-19H2,2-6H3;2-8,10-13H,1,9,14-18H2;3-6,8-9H,1,7,10-15H2,2H3;2-5,8-9H,1,6-7,10-11,13-15H2;3,5-7,9-10H,1,4,8,11-14H2,2H3;3-6,8-9H,1,7,10-13H2,2H3. The van der Waals surface area contributed by atoms with Crippen molar-refractivity contribution in [2.45, 2.75) is 175 Å². The first-order valence-corrected chi connectivity index (χ1v) is 54.8. The number of hydrogen-bond donors (Lipinski definition) is 0. The van der Waals surface area contributed by atoms with Gasteiger partial charge in [-0.3, -0.25) is 62.3 Å². The molecular weight excluding hydrogens is 1920 g/mol. The summed E-state index contributed by atoms with van der Waals surface area (Å²) in [6, 6.07) is 66.8. The number of likely N-dealkylation sites (tertiary alicyclic amines) is 6. The lowest BCUT2D eigenvalue weighted by Gasteiger charge is -2.42. The summed E-state index contributed by atoms with van der Waals surface area (Å²) in [4.78, 5) is 175. The van der Waals surface area contributed by atoms with Gasteiger partial charge in [0.1, 0.15) is 39.6 Å². The molecule has 0 bridgehead atoms. The van der Waals surface area contributed by atoms with Gasteiger partial charge in [-0.15, -0.1) is 0 Å². The van der Waals surface area contributed by atoms with Crippen molar-refractivity contribution < 1.29 is 99.9 Å². The van der Waals surface area contributed by atoms with Gasteiger partial charge in [0, 0.05) is 131 Å². The van der Waals surface area contributed by atoms with E-state index in [4.69, 9.17) is 42.8 Å². The number of methoxy groups -OCH3 is 1. The van der Waals surface area contributed by atoms with Gasteiger partial charge in [-0.25, -0.2) is 0 Å². The van der Waals surface area contributed by atoms with Crippen LogP contribution in [0.3, 0.4) is 0 Å². The number of nitriles is 1. The van der Waals surface area contributed by atoms with E-state index in [1.54, 1.807) is 114 Å². The van der Waals surface area contributed by atoms with Crippen LogP contribution in [-0.2, 0) is 77.6 Å². The van der Waals surface area contributed by atoms with E-state index < -0.39 is 46.8 Å². The zero-order chi connectivity index (χ0) is 109. The molecule has 7 aromatic rings. The molecule has 0 aromatic heterocycles. The average molecular weight is 2070 g/mol. The second-order valence-electron chi connectivity index (χ2n) is 40.6. The van der Waals surface area contributed by atoms with E-state index in [-0.39, 0.29) is 142 Å². The van der Waals surface area contributed by atoms with Crippen LogP contribution in [0.1, 0.15) is 218 Å². The summed E-state index contributed by atoms with van der Waals surface area (Å²) in [5.74, 6) is -2.45. The first-order chi connectivity index (χ1) is 72.0. The monoisotopic (exact) mass is 2070 g/mol. The SMILES string of the molecule is C=CCOC(=O)C1(C)CCCN(C(=O)c2ccccc2)C1.C=CCOC(=O)C1(CC)CCCN(C(=O)c2ccccc2)C1.C=CCOC(=O)C1(CCC#N)CCCN(C(=O)c2ccccc2)C1.C=CCOC(=O)C1(CCC(=O)OC)CCCN(C(=O)c2ccccc2)C1.C=CCOC(=O)C1(CCO[Si](C)(C)C(C)(C)C)CCCN(C(=O)c2ccccc2)C1.C=CCOC(=O)C1(Cc2ccccc2)CCCN(C(=O)c2ccccc2)C1. The first-order valence-electron chi connectivity index (χ1n) is 51.9. The molecule has 6 saturated heterocycles. The summed E-state index contributed by atoms with van der Waals surface area (Å²) < 4.78 is 43.0. The van der Waals surface area contributed by atoms with Gasteiger partial charge >= 0.3 is 41.8 Å². The van der Waals surface area contributed by atoms with Gasteiger partial charge < -0.3 is 67.0 Å². The Morgan fingerprint density at radius 3 is 0.887 bits per heavy atom. The third-order valence-electron chi connectivity index (χ3n) is 28.7. The van der Waals surface area contributed by atoms with E-state index in [2.05, 4.69) is 79.4 Å². The fraction of sp³-hybridized carbons (Fsp3) is 0.438. The van der Waals surface area contributed by atoms with Crippen molar-refractivity contribution in [3.63, 3.8) is 0 Å². The maximum Gasteiger partial charge on any atom is 0.314 e. The van der Waals surface area contributed by atoms with Crippen molar-refractivity contribution >= 4 is 85.5 Å². The molecule has 6 atom stereocenters. The van der Waals surface area contributed by atoms with Crippen molar-refractivity contribution in [2.75, 3.05) is 132 Å². The Morgan fingerprint density at radius 2 is 0.593 bits per heavy atom. The van der Waals surface area contributed by atoms with Crippen LogP contribution in [0, 0.1) is 43.8 Å². The fourth-order valence-electron chi connectivity index (χ4n) is 19.3. The summed E-state index contributed by atoms with van der Waals surface area (Å²) in [5, 5.41) is 9.03. The molecule has 6 amide bonds. The number of carbonyl (C=O) groups excluding carboxylic acids is 13. The topological polar surface area (TPSA) is 339 Å². The minimum atomic E-state index is -1.92. The van der Waals surface area contributed by atoms with E-state index in [0.717, 1.165) is 44.1 Å². The molecule has 0 spiro atoms. The molecule has 802 valence electrons. The van der Waals surface area contributed by atoms with E-state index in [1.165, 1.54) is 19.3 Å². The second-order valence-corrected chi connectivity index (χ2v) is 45.4. The molecule has 13 rings (SSSR count). The van der Waals surface area contributed by atoms with Crippen LogP contribution in [0.5, 0.6) is 0 Å². The third-order valence-corrected chi connectivity index (χ3v) is 33.3. The van der Waals surface area contributed by atoms with E-state index >= 15 is 0 Å². The minimum Gasteiger partial charge on any atom is -0.469 e. The van der Waals surface area contributed by atoms with E-state index in [9.17, 15) is 62.3 Å². The number of ether oxygens (including phenoxy) is 7. The van der Waals surface area contributed by atoms with Crippen LogP contribution in [0.25, 0.3) is 0 Å². The molecule has 0 radical (unpaired) electrons. The number of hydrogen-bond acceptors (Lipinski definition) is 22. The molecule has 0 aliphatic carbocycles. The average Bonchev–Trinajstić information content (AvgIpc) is 0.800. The lowest BCUT2D eigenvalue weighted by molar-refractivity contribution is -0.160. The first kappa shape index (κ1) is 121. The Bertz CT molecular complexity index is 5670. The highest BCUT2D eigenvalue weighted by Gasteiger charge is 2.51. The van der Waals surface area contributed by atoms with Gasteiger partial charge in [-0.2, -0.15) is 5.26 Å². The second kappa shape index (κ2) is 60.4. The van der Waals surface area contributed by atoms with Crippen LogP contribution in [0.4, 0.5) is 0 Å². The number of carbonyl (C=O) groups is 13. The summed E-state index contributed by atoms with van der Waals surface area (Å²) in [6.45, 7) is 43.8. The summed E-state index contributed by atoms with van der Waals surface area (Å²) >= 11 is 0. The largest absolute Gasteiger partial charge is 0.469 e. The van der Waals surface area contributed by atoms with E-state index in [1.807, 2.05) is 166 Å². The lowest BCUT2D eigenvalue weighted by atomic mass is 9.75. The maximum atomic E-state index is 13.1. The third kappa shape index (κ3) is 34.9. The van der Waals surface area contributed by atoms with Gasteiger partial charge in [0.2, 0.25) is 0 Å². The Hall–Kier alpha value is -14.2. The predicted molar refractivity (Wildman–Crippen MR) is 581 cm³/mol. The number of amides is 6. The molecule has 150 heavy (non-hydrogen) atoms. The number of nitrogens with zero attached hydrogens (tertiary/aromatic N) is 7. The van der Waals surface area contributed by atoms with Crippen molar-refractivity contribution in [3.8, 4) is 6.07 Å². The Labute approximate surface area is 887 Å². The number of rotatable bonds is 36. The van der Waals surface area contributed by atoms with Crippen molar-refractivity contribution in [1.82, 2.24) is 29.4 Å². The minimum absolute atomic E-state index is 0.0188. The Morgan fingerprint density at radius 1 is 0.347 bits per heavy atom. The Balaban J connectivity index is 0.000000220. The normalized spacial score (nSPS) is 20.2. The summed E-state index contributed by atoms with van der Waals surface area (Å²) in [5.41, 5.74) is 0.457. The molecule has 0 N–H and O–H groups in total. The van der Waals surface area contributed by atoms with Crippen LogP contribution >= 0.6 is 0 Å². The van der Waals surface area contributed by atoms with E-state index in [0.29, 0.717) is 176 Å².